The van der Waals surface area contributed by atoms with Gasteiger partial charge < -0.3 is 24.2 Å². The number of allylic oxidation sites excluding steroid dienone is 16. The van der Waals surface area contributed by atoms with Crippen LogP contribution in [0.5, 0.6) is 0 Å². The van der Waals surface area contributed by atoms with Gasteiger partial charge in [0.05, 0.1) is 19.8 Å². The van der Waals surface area contributed by atoms with E-state index in [1.807, 2.05) is 0 Å². The number of hydrogen-bond acceptors (Lipinski definition) is 10. The average molecular weight is 945 g/mol. The minimum absolute atomic E-state index is 0.122. The molecular weight excluding hydrogens is 856 g/mol. The Labute approximate surface area is 400 Å². The van der Waals surface area contributed by atoms with Crippen LogP contribution < -0.4 is 0 Å². The highest BCUT2D eigenvalue weighted by Gasteiger charge is 2.28. The highest BCUT2D eigenvalue weighted by molar-refractivity contribution is 7.47. The number of ether oxygens (including phenoxy) is 3. The van der Waals surface area contributed by atoms with Crippen LogP contribution in [0.3, 0.4) is 0 Å². The highest BCUT2D eigenvalue weighted by atomic mass is 31.2. The van der Waals surface area contributed by atoms with E-state index in [2.05, 4.69) is 118 Å². The summed E-state index contributed by atoms with van der Waals surface area (Å²) in [7, 11) is -4.76. The molecule has 0 saturated heterocycles. The number of rotatable bonds is 45. The lowest BCUT2D eigenvalue weighted by Gasteiger charge is -2.21. The third-order valence-corrected chi connectivity index (χ3v) is 10.9. The zero-order chi connectivity index (χ0) is 48.4. The van der Waals surface area contributed by atoms with E-state index in [-0.39, 0.29) is 25.9 Å². The van der Waals surface area contributed by atoms with E-state index < -0.39 is 57.8 Å². The molecule has 0 aromatic carbocycles. The third kappa shape index (κ3) is 45.6. The SMILES string of the molecule is CC/C=C\C/C=C\C/C=C\CCCCCC(=O)OC(CO)COP(=O)(O)OCC(COC(=O)CCCCCCC/C=C\C/C=C\CCC)OC(=O)CCCCC/C=C\C/C=C\C/C=C\CC. The molecule has 0 heterocycles. The molecule has 66 heavy (non-hydrogen) atoms. The van der Waals surface area contributed by atoms with E-state index in [9.17, 15) is 28.9 Å². The number of aliphatic hydroxyl groups excluding tert-OH is 1. The van der Waals surface area contributed by atoms with Gasteiger partial charge in [-0.3, -0.25) is 23.4 Å². The highest BCUT2D eigenvalue weighted by Crippen LogP contribution is 2.43. The zero-order valence-corrected chi connectivity index (χ0v) is 42.0. The summed E-state index contributed by atoms with van der Waals surface area (Å²) in [6.45, 7) is 4.22. The van der Waals surface area contributed by atoms with E-state index in [0.29, 0.717) is 19.3 Å². The Morgan fingerprint density at radius 1 is 0.439 bits per heavy atom. The van der Waals surface area contributed by atoms with Gasteiger partial charge in [0, 0.05) is 19.3 Å². The lowest BCUT2D eigenvalue weighted by Crippen LogP contribution is -2.30. The fraction of sp³-hybridized carbons (Fsp3) is 0.648. The van der Waals surface area contributed by atoms with E-state index >= 15 is 0 Å². The smallest absolute Gasteiger partial charge is 0.462 e. The number of unbranched alkanes of at least 4 members (excludes halogenated alkanes) is 12. The molecule has 376 valence electrons. The number of carbonyl (C=O) groups excluding carboxylic acids is 3. The lowest BCUT2D eigenvalue weighted by atomic mass is 10.1. The Balaban J connectivity index is 4.84. The monoisotopic (exact) mass is 945 g/mol. The van der Waals surface area contributed by atoms with Crippen molar-refractivity contribution in [3.05, 3.63) is 97.2 Å². The van der Waals surface area contributed by atoms with Gasteiger partial charge in [0.15, 0.2) is 6.10 Å². The van der Waals surface area contributed by atoms with Crippen LogP contribution in [0.25, 0.3) is 0 Å². The number of carbonyl (C=O) groups is 3. The molecule has 3 unspecified atom stereocenters. The summed E-state index contributed by atoms with van der Waals surface area (Å²) >= 11 is 0. The predicted octanol–water partition coefficient (Wildman–Crippen LogP) is 14.1. The fourth-order valence-corrected chi connectivity index (χ4v) is 6.97. The number of esters is 3. The second-order valence-electron chi connectivity index (χ2n) is 16.2. The number of phosphoric ester groups is 1. The molecule has 0 rings (SSSR count). The molecule has 0 aliphatic heterocycles. The molecule has 11 nitrogen and oxygen atoms in total. The molecule has 0 bridgehead atoms. The predicted molar refractivity (Wildman–Crippen MR) is 270 cm³/mol. The summed E-state index contributed by atoms with van der Waals surface area (Å²) in [6.07, 6.45) is 53.9. The van der Waals surface area contributed by atoms with Crippen molar-refractivity contribution in [3.8, 4) is 0 Å². The van der Waals surface area contributed by atoms with Gasteiger partial charge >= 0.3 is 25.7 Å². The van der Waals surface area contributed by atoms with Crippen molar-refractivity contribution in [2.45, 2.75) is 200 Å². The molecule has 0 aliphatic rings. The van der Waals surface area contributed by atoms with Crippen LogP contribution in [-0.4, -0.2) is 66.5 Å². The maximum atomic E-state index is 12.8. The minimum atomic E-state index is -4.76. The number of phosphoric acid groups is 1. The van der Waals surface area contributed by atoms with Gasteiger partial charge in [0.1, 0.15) is 12.7 Å². The Hall–Kier alpha value is -3.60. The van der Waals surface area contributed by atoms with E-state index in [1.54, 1.807) is 0 Å². The molecule has 3 atom stereocenters. The largest absolute Gasteiger partial charge is 0.472 e. The van der Waals surface area contributed by atoms with Crippen molar-refractivity contribution in [1.82, 2.24) is 0 Å². The molecule has 0 aromatic heterocycles. The van der Waals surface area contributed by atoms with Gasteiger partial charge in [-0.2, -0.15) is 0 Å². The van der Waals surface area contributed by atoms with Crippen molar-refractivity contribution in [1.29, 1.82) is 0 Å². The quantitative estimate of drug-likeness (QED) is 0.0197. The summed E-state index contributed by atoms with van der Waals surface area (Å²) in [5, 5.41) is 9.76. The first-order chi connectivity index (χ1) is 32.2. The van der Waals surface area contributed by atoms with Crippen LogP contribution in [0.15, 0.2) is 97.2 Å². The van der Waals surface area contributed by atoms with Crippen LogP contribution in [0.2, 0.25) is 0 Å². The van der Waals surface area contributed by atoms with Crippen LogP contribution in [0.4, 0.5) is 0 Å². The summed E-state index contributed by atoms with van der Waals surface area (Å²) in [6, 6.07) is 0. The molecule has 12 heteroatoms. The van der Waals surface area contributed by atoms with Gasteiger partial charge in [-0.25, -0.2) is 4.57 Å². The Morgan fingerprint density at radius 2 is 0.788 bits per heavy atom. The molecule has 0 saturated carbocycles. The first-order valence-electron chi connectivity index (χ1n) is 25.1. The lowest BCUT2D eigenvalue weighted by molar-refractivity contribution is -0.161. The molecule has 0 radical (unpaired) electrons. The van der Waals surface area contributed by atoms with Gasteiger partial charge in [-0.15, -0.1) is 0 Å². The first kappa shape index (κ1) is 62.4. The molecule has 0 aromatic rings. The zero-order valence-electron chi connectivity index (χ0n) is 41.1. The van der Waals surface area contributed by atoms with E-state index in [1.165, 1.54) is 0 Å². The standard InChI is InChI=1S/C54H89O11P/c1-4-7-10-13-16-19-22-25-28-31-34-37-40-43-52(56)61-47-51(65-54(58)45-42-39-36-33-30-27-24-21-18-15-12-9-6-3)49-63-66(59,60)62-48-50(46-55)64-53(57)44-41-38-35-32-29-26-23-20-17-14-11-8-5-2/h8-13,17-22,26-27,29-30,50-51,55H,4-7,14-16,23-25,28,31-49H2,1-3H3,(H,59,60)/b11-8-,12-9-,13-10-,20-17-,21-18-,22-19-,29-26-,30-27-. The van der Waals surface area contributed by atoms with Gasteiger partial charge in [-0.1, -0.05) is 157 Å². The van der Waals surface area contributed by atoms with Gasteiger partial charge in [-0.05, 0) is 109 Å². The summed E-state index contributed by atoms with van der Waals surface area (Å²) < 4.78 is 39.2. The molecule has 0 amide bonds. The van der Waals surface area contributed by atoms with Crippen molar-refractivity contribution < 1.29 is 52.2 Å². The van der Waals surface area contributed by atoms with Crippen molar-refractivity contribution >= 4 is 25.7 Å². The minimum Gasteiger partial charge on any atom is -0.462 e. The average Bonchev–Trinajstić information content (AvgIpc) is 3.30. The maximum Gasteiger partial charge on any atom is 0.472 e. The van der Waals surface area contributed by atoms with Gasteiger partial charge in [0.2, 0.25) is 0 Å². The number of aliphatic hydroxyl groups is 1. The van der Waals surface area contributed by atoms with Crippen LogP contribution in [0, 0.1) is 0 Å². The summed E-state index contributed by atoms with van der Waals surface area (Å²) in [4.78, 5) is 48.2. The maximum absolute atomic E-state index is 12.8. The summed E-state index contributed by atoms with van der Waals surface area (Å²) in [5.74, 6) is -1.56. The molecule has 0 fully saturated rings. The van der Waals surface area contributed by atoms with Crippen LogP contribution >= 0.6 is 7.82 Å². The molecular formula is C54H89O11P. The Bertz CT molecular complexity index is 1480. The first-order valence-corrected chi connectivity index (χ1v) is 26.6. The third-order valence-electron chi connectivity index (χ3n) is 9.95. The summed E-state index contributed by atoms with van der Waals surface area (Å²) in [5.41, 5.74) is 0. The fourth-order valence-electron chi connectivity index (χ4n) is 6.18. The van der Waals surface area contributed by atoms with Crippen LogP contribution in [-0.2, 0) is 42.2 Å². The number of hydrogen-bond donors (Lipinski definition) is 2. The van der Waals surface area contributed by atoms with Crippen molar-refractivity contribution in [2.75, 3.05) is 26.4 Å². The Morgan fingerprint density at radius 3 is 1.23 bits per heavy atom. The van der Waals surface area contributed by atoms with Gasteiger partial charge in [0.25, 0.3) is 0 Å². The van der Waals surface area contributed by atoms with Crippen molar-refractivity contribution in [3.63, 3.8) is 0 Å². The molecule has 0 aliphatic carbocycles. The van der Waals surface area contributed by atoms with Crippen LogP contribution in [0.1, 0.15) is 188 Å². The second-order valence-corrected chi connectivity index (χ2v) is 17.7. The molecule has 0 spiro atoms. The Kier molecular flexibility index (Phi) is 45.3. The topological polar surface area (TPSA) is 155 Å². The normalized spacial score (nSPS) is 14.3. The van der Waals surface area contributed by atoms with E-state index in [0.717, 1.165) is 128 Å². The molecule has 2 N–H and O–H groups in total. The van der Waals surface area contributed by atoms with Crippen molar-refractivity contribution in [2.24, 2.45) is 0 Å². The second kappa shape index (κ2) is 47.9. The van der Waals surface area contributed by atoms with E-state index in [4.69, 9.17) is 23.3 Å².